The Morgan fingerprint density at radius 1 is 1.10 bits per heavy atom. The van der Waals surface area contributed by atoms with Gasteiger partial charge < -0.3 is 11.2 Å². The number of carbonyl (C=O) groups is 1. The number of nitrogens with zero attached hydrogens (tertiary/aromatic N) is 3. The Labute approximate surface area is 187 Å². The first-order valence-electron chi connectivity index (χ1n) is 8.78. The minimum Gasteiger partial charge on any atom is -0.355 e. The van der Waals surface area contributed by atoms with Gasteiger partial charge in [0.25, 0.3) is 0 Å². The molecule has 0 aliphatic heterocycles. The molecule has 0 aliphatic carbocycles. The number of carbonyl (C=O) groups excluding carboxylic acids is 1. The highest BCUT2D eigenvalue weighted by Crippen LogP contribution is 2.30. The van der Waals surface area contributed by atoms with Gasteiger partial charge in [0.15, 0.2) is 5.82 Å². The monoisotopic (exact) mass is 467 g/mol. The SMILES string of the molecule is Nn1c(SCC(=O)NCCCSc2ccccc2)nnc1-c1ccc(Cl)cc1Cl. The van der Waals surface area contributed by atoms with Crippen molar-refractivity contribution < 1.29 is 4.79 Å². The summed E-state index contributed by atoms with van der Waals surface area (Å²) in [5, 5.41) is 12.4. The van der Waals surface area contributed by atoms with Crippen LogP contribution in [0, 0.1) is 0 Å². The molecule has 0 spiro atoms. The topological polar surface area (TPSA) is 85.8 Å². The van der Waals surface area contributed by atoms with Gasteiger partial charge in [0.2, 0.25) is 11.1 Å². The predicted octanol–water partition coefficient (Wildman–Crippen LogP) is 4.36. The van der Waals surface area contributed by atoms with Gasteiger partial charge in [0, 0.05) is 22.0 Å². The summed E-state index contributed by atoms with van der Waals surface area (Å²) in [6.45, 7) is 0.625. The number of benzene rings is 2. The maximum Gasteiger partial charge on any atom is 0.230 e. The van der Waals surface area contributed by atoms with Crippen molar-refractivity contribution in [2.75, 3.05) is 23.9 Å². The van der Waals surface area contributed by atoms with E-state index in [2.05, 4.69) is 27.6 Å². The minimum atomic E-state index is -0.0752. The molecule has 0 atom stereocenters. The van der Waals surface area contributed by atoms with E-state index in [9.17, 15) is 4.79 Å². The molecule has 3 N–H and O–H groups in total. The molecule has 3 aromatic rings. The van der Waals surface area contributed by atoms with Gasteiger partial charge in [0.1, 0.15) is 0 Å². The van der Waals surface area contributed by atoms with Crippen molar-refractivity contribution in [3.8, 4) is 11.4 Å². The van der Waals surface area contributed by atoms with E-state index in [-0.39, 0.29) is 11.7 Å². The van der Waals surface area contributed by atoms with Crippen LogP contribution in [0.25, 0.3) is 11.4 Å². The number of nitrogens with two attached hydrogens (primary N) is 1. The van der Waals surface area contributed by atoms with Gasteiger partial charge in [-0.2, -0.15) is 0 Å². The van der Waals surface area contributed by atoms with Crippen molar-refractivity contribution in [1.82, 2.24) is 20.2 Å². The first-order chi connectivity index (χ1) is 14.0. The van der Waals surface area contributed by atoms with E-state index in [1.54, 1.807) is 30.0 Å². The molecule has 1 aromatic heterocycles. The fraction of sp³-hybridized carbons (Fsp3) is 0.211. The van der Waals surface area contributed by atoms with Gasteiger partial charge in [-0.05, 0) is 42.5 Å². The highest BCUT2D eigenvalue weighted by Gasteiger charge is 2.16. The van der Waals surface area contributed by atoms with E-state index < -0.39 is 0 Å². The molecule has 0 unspecified atom stereocenters. The third kappa shape index (κ3) is 6.30. The Morgan fingerprint density at radius 2 is 1.90 bits per heavy atom. The average Bonchev–Trinajstić information content (AvgIpc) is 3.07. The second kappa shape index (κ2) is 10.8. The second-order valence-corrected chi connectivity index (χ2v) is 8.91. The highest BCUT2D eigenvalue weighted by molar-refractivity contribution is 7.99. The molecule has 2 aromatic carbocycles. The van der Waals surface area contributed by atoms with E-state index in [0.29, 0.717) is 33.1 Å². The normalized spacial score (nSPS) is 10.8. The van der Waals surface area contributed by atoms with E-state index in [0.717, 1.165) is 12.2 Å². The van der Waals surface area contributed by atoms with Crippen molar-refractivity contribution in [2.45, 2.75) is 16.5 Å². The van der Waals surface area contributed by atoms with Crippen LogP contribution in [0.15, 0.2) is 58.6 Å². The molecular formula is C19H19Cl2N5OS2. The Hall–Kier alpha value is -1.87. The smallest absolute Gasteiger partial charge is 0.230 e. The number of nitrogens with one attached hydrogen (secondary N) is 1. The number of amides is 1. The van der Waals surface area contributed by atoms with Gasteiger partial charge in [-0.25, -0.2) is 4.68 Å². The van der Waals surface area contributed by atoms with Gasteiger partial charge >= 0.3 is 0 Å². The Kier molecular flexibility index (Phi) is 8.11. The fourth-order valence-corrected chi connectivity index (χ4v) is 4.47. The number of halogens is 2. The van der Waals surface area contributed by atoms with Crippen molar-refractivity contribution in [1.29, 1.82) is 0 Å². The summed E-state index contributed by atoms with van der Waals surface area (Å²) in [5.74, 6) is 7.55. The van der Waals surface area contributed by atoms with E-state index in [1.807, 2.05) is 18.2 Å². The van der Waals surface area contributed by atoms with Crippen LogP contribution < -0.4 is 11.2 Å². The summed E-state index contributed by atoms with van der Waals surface area (Å²) >= 11 is 15.1. The zero-order valence-electron chi connectivity index (χ0n) is 15.3. The molecule has 3 rings (SSSR count). The zero-order valence-corrected chi connectivity index (χ0v) is 18.5. The van der Waals surface area contributed by atoms with Crippen LogP contribution in [-0.2, 0) is 4.79 Å². The Morgan fingerprint density at radius 3 is 2.66 bits per heavy atom. The molecule has 0 aliphatic rings. The first-order valence-corrected chi connectivity index (χ1v) is 11.5. The lowest BCUT2D eigenvalue weighted by Gasteiger charge is -2.06. The van der Waals surface area contributed by atoms with Crippen LogP contribution in [-0.4, -0.2) is 38.8 Å². The van der Waals surface area contributed by atoms with Crippen LogP contribution in [0.3, 0.4) is 0 Å². The van der Waals surface area contributed by atoms with Crippen molar-refractivity contribution in [2.24, 2.45) is 0 Å². The van der Waals surface area contributed by atoms with E-state index in [1.165, 1.54) is 21.3 Å². The molecule has 10 heteroatoms. The molecule has 0 bridgehead atoms. The molecule has 0 fully saturated rings. The third-order valence-corrected chi connectivity index (χ3v) is 6.41. The Balaban J connectivity index is 1.43. The average molecular weight is 468 g/mol. The standard InChI is InChI=1S/C19H19Cl2N5OS2/c20-13-7-8-15(16(21)11-13)18-24-25-19(26(18)22)29-12-17(27)23-9-4-10-28-14-5-2-1-3-6-14/h1-3,5-8,11H,4,9-10,12,22H2,(H,23,27). The maximum absolute atomic E-state index is 12.1. The number of nitrogen functional groups attached to an aromatic ring is 1. The van der Waals surface area contributed by atoms with Crippen LogP contribution in [0.2, 0.25) is 10.0 Å². The lowest BCUT2D eigenvalue weighted by atomic mass is 10.2. The molecule has 6 nitrogen and oxygen atoms in total. The molecule has 152 valence electrons. The largest absolute Gasteiger partial charge is 0.355 e. The number of hydrogen-bond donors (Lipinski definition) is 2. The number of hydrogen-bond acceptors (Lipinski definition) is 6. The van der Waals surface area contributed by atoms with Crippen LogP contribution in [0.5, 0.6) is 0 Å². The molecule has 0 saturated carbocycles. The van der Waals surface area contributed by atoms with Gasteiger partial charge in [0.05, 0.1) is 10.8 Å². The van der Waals surface area contributed by atoms with Crippen LogP contribution in [0.4, 0.5) is 0 Å². The lowest BCUT2D eigenvalue weighted by Crippen LogP contribution is -2.26. The number of rotatable bonds is 9. The van der Waals surface area contributed by atoms with E-state index >= 15 is 0 Å². The molecule has 1 heterocycles. The first kappa shape index (κ1) is 21.8. The lowest BCUT2D eigenvalue weighted by molar-refractivity contribution is -0.118. The molecule has 29 heavy (non-hydrogen) atoms. The Bertz CT molecular complexity index is 968. The van der Waals surface area contributed by atoms with E-state index in [4.69, 9.17) is 29.0 Å². The second-order valence-electron chi connectivity index (χ2n) is 5.95. The third-order valence-electron chi connectivity index (χ3n) is 3.82. The fourth-order valence-electron chi connectivity index (χ4n) is 2.42. The van der Waals surface area contributed by atoms with Crippen molar-refractivity contribution >= 4 is 52.6 Å². The van der Waals surface area contributed by atoms with Gasteiger partial charge in [-0.15, -0.1) is 22.0 Å². The quantitative estimate of drug-likeness (QED) is 0.276. The molecular weight excluding hydrogens is 449 g/mol. The summed E-state index contributed by atoms with van der Waals surface area (Å²) in [6.07, 6.45) is 0.891. The zero-order chi connectivity index (χ0) is 20.6. The van der Waals surface area contributed by atoms with Gasteiger partial charge in [-0.3, -0.25) is 4.79 Å². The molecule has 0 radical (unpaired) electrons. The summed E-state index contributed by atoms with van der Waals surface area (Å²) in [5.41, 5.74) is 0.623. The minimum absolute atomic E-state index is 0.0752. The molecule has 1 amide bonds. The highest BCUT2D eigenvalue weighted by atomic mass is 35.5. The maximum atomic E-state index is 12.1. The number of thioether (sulfide) groups is 2. The summed E-state index contributed by atoms with van der Waals surface area (Å²) in [7, 11) is 0. The van der Waals surface area contributed by atoms with Crippen molar-refractivity contribution in [3.63, 3.8) is 0 Å². The van der Waals surface area contributed by atoms with Gasteiger partial charge in [-0.1, -0.05) is 53.2 Å². The predicted molar refractivity (Wildman–Crippen MR) is 121 cm³/mol. The summed E-state index contributed by atoms with van der Waals surface area (Å²) < 4.78 is 1.32. The number of aromatic nitrogens is 3. The summed E-state index contributed by atoms with van der Waals surface area (Å²) in [6, 6.07) is 15.2. The summed E-state index contributed by atoms with van der Waals surface area (Å²) in [4.78, 5) is 13.3. The van der Waals surface area contributed by atoms with Crippen LogP contribution >= 0.6 is 46.7 Å². The van der Waals surface area contributed by atoms with Crippen molar-refractivity contribution in [3.05, 3.63) is 58.6 Å². The van der Waals surface area contributed by atoms with Crippen LogP contribution in [0.1, 0.15) is 6.42 Å². The molecule has 0 saturated heterocycles.